The predicted molar refractivity (Wildman–Crippen MR) is 66.1 cm³/mol. The van der Waals surface area contributed by atoms with E-state index in [1.807, 2.05) is 0 Å². The van der Waals surface area contributed by atoms with Gasteiger partial charge in [-0.05, 0) is 24.6 Å². The van der Waals surface area contributed by atoms with Gasteiger partial charge in [0, 0.05) is 18.6 Å². The summed E-state index contributed by atoms with van der Waals surface area (Å²) in [5, 5.41) is 9.37. The zero-order valence-electron chi connectivity index (χ0n) is 9.78. The van der Waals surface area contributed by atoms with E-state index in [0.29, 0.717) is 17.1 Å². The van der Waals surface area contributed by atoms with E-state index < -0.39 is 17.7 Å². The van der Waals surface area contributed by atoms with Gasteiger partial charge in [-0.15, -0.1) is 0 Å². The zero-order chi connectivity index (χ0) is 13.0. The van der Waals surface area contributed by atoms with Crippen LogP contribution in [0.1, 0.15) is 13.3 Å². The third kappa shape index (κ3) is 3.60. The Hall–Kier alpha value is -1.29. The van der Waals surface area contributed by atoms with Crippen molar-refractivity contribution < 1.29 is 14.3 Å². The average molecular weight is 260 g/mol. The minimum Gasteiger partial charge on any atom is -0.481 e. The molecule has 17 heavy (non-hydrogen) atoms. The highest BCUT2D eigenvalue weighted by Crippen LogP contribution is 2.23. The van der Waals surface area contributed by atoms with Crippen molar-refractivity contribution in [3.8, 4) is 0 Å². The topological polar surface area (TPSA) is 40.5 Å². The molecule has 1 aromatic rings. The van der Waals surface area contributed by atoms with Gasteiger partial charge in [0.15, 0.2) is 0 Å². The van der Waals surface area contributed by atoms with Crippen molar-refractivity contribution in [2.45, 2.75) is 13.3 Å². The Morgan fingerprint density at radius 1 is 1.59 bits per heavy atom. The van der Waals surface area contributed by atoms with Gasteiger partial charge < -0.3 is 10.0 Å². The van der Waals surface area contributed by atoms with Gasteiger partial charge in [0.2, 0.25) is 0 Å². The van der Waals surface area contributed by atoms with Crippen molar-refractivity contribution in [1.29, 1.82) is 0 Å². The molecule has 0 amide bonds. The Labute approximate surface area is 105 Å². The molecule has 0 aliphatic rings. The number of hydrogen-bond acceptors (Lipinski definition) is 2. The number of aliphatic carboxylic acids is 1. The smallest absolute Gasteiger partial charge is 0.308 e. The van der Waals surface area contributed by atoms with Crippen LogP contribution in [0.3, 0.4) is 0 Å². The summed E-state index contributed by atoms with van der Waals surface area (Å²) in [6.07, 6.45) is 0.502. The highest BCUT2D eigenvalue weighted by molar-refractivity contribution is 6.30. The lowest BCUT2D eigenvalue weighted by atomic mass is 10.1. The Morgan fingerprint density at radius 2 is 2.24 bits per heavy atom. The van der Waals surface area contributed by atoms with E-state index in [0.717, 1.165) is 0 Å². The zero-order valence-corrected chi connectivity index (χ0v) is 10.5. The average Bonchev–Trinajstić information content (AvgIpc) is 2.28. The standard InChI is InChI=1S/C12H15ClFNO2/c1-3-8(12(16)17)7-15(2)11-6-9(13)4-5-10(11)14/h4-6,8H,3,7H2,1-2H3,(H,16,17). The first-order chi connectivity index (χ1) is 7.95. The van der Waals surface area contributed by atoms with Crippen molar-refractivity contribution in [3.63, 3.8) is 0 Å². The molecule has 0 heterocycles. The molecule has 0 fully saturated rings. The lowest BCUT2D eigenvalue weighted by Gasteiger charge is -2.23. The molecule has 1 aromatic carbocycles. The van der Waals surface area contributed by atoms with Gasteiger partial charge in [-0.1, -0.05) is 18.5 Å². The quantitative estimate of drug-likeness (QED) is 0.884. The first-order valence-electron chi connectivity index (χ1n) is 5.34. The fourth-order valence-electron chi connectivity index (χ4n) is 1.59. The molecule has 3 nitrogen and oxygen atoms in total. The molecule has 0 spiro atoms. The van der Waals surface area contributed by atoms with Crippen molar-refractivity contribution >= 4 is 23.3 Å². The van der Waals surface area contributed by atoms with Gasteiger partial charge in [0.25, 0.3) is 0 Å². The van der Waals surface area contributed by atoms with E-state index >= 15 is 0 Å². The first kappa shape index (κ1) is 13.8. The number of hydrogen-bond donors (Lipinski definition) is 1. The van der Waals surface area contributed by atoms with Crippen molar-refractivity contribution in [2.75, 3.05) is 18.5 Å². The van der Waals surface area contributed by atoms with Crippen molar-refractivity contribution in [2.24, 2.45) is 5.92 Å². The van der Waals surface area contributed by atoms with E-state index in [1.54, 1.807) is 18.9 Å². The maximum Gasteiger partial charge on any atom is 0.308 e. The summed E-state index contributed by atoms with van der Waals surface area (Å²) >= 11 is 5.78. The second kappa shape index (κ2) is 5.87. The molecule has 5 heteroatoms. The molecule has 1 atom stereocenters. The summed E-state index contributed by atoms with van der Waals surface area (Å²) in [5.41, 5.74) is 0.317. The van der Waals surface area contributed by atoms with E-state index in [2.05, 4.69) is 0 Å². The molecule has 0 bridgehead atoms. The van der Waals surface area contributed by atoms with Crippen LogP contribution in [0.2, 0.25) is 5.02 Å². The van der Waals surface area contributed by atoms with E-state index in [-0.39, 0.29) is 6.54 Å². The monoisotopic (exact) mass is 259 g/mol. The summed E-state index contributed by atoms with van der Waals surface area (Å²) in [5.74, 6) is -1.79. The van der Waals surface area contributed by atoms with Crippen LogP contribution in [0.5, 0.6) is 0 Å². The minimum atomic E-state index is -0.873. The van der Waals surface area contributed by atoms with E-state index in [9.17, 15) is 9.18 Å². The molecule has 1 unspecified atom stereocenters. The third-order valence-corrected chi connectivity index (χ3v) is 2.89. The normalized spacial score (nSPS) is 12.2. The molecular formula is C12H15ClFNO2. The number of carboxylic acids is 1. The summed E-state index contributed by atoms with van der Waals surface area (Å²) in [6.45, 7) is 2.05. The molecule has 0 radical (unpaired) electrons. The Balaban J connectivity index is 2.85. The molecule has 0 saturated carbocycles. The molecule has 0 aliphatic heterocycles. The number of rotatable bonds is 5. The molecule has 1 N–H and O–H groups in total. The number of halogens is 2. The maximum atomic E-state index is 13.5. The number of carboxylic acid groups (broad SMARTS) is 1. The van der Waals surface area contributed by atoms with Gasteiger partial charge in [0.05, 0.1) is 11.6 Å². The lowest BCUT2D eigenvalue weighted by molar-refractivity contribution is -0.141. The van der Waals surface area contributed by atoms with Crippen molar-refractivity contribution in [3.05, 3.63) is 29.0 Å². The fraction of sp³-hybridized carbons (Fsp3) is 0.417. The summed E-state index contributed by atoms with van der Waals surface area (Å²) < 4.78 is 13.5. The number of carbonyl (C=O) groups is 1. The molecule has 0 aromatic heterocycles. The van der Waals surface area contributed by atoms with E-state index in [1.165, 1.54) is 18.2 Å². The largest absolute Gasteiger partial charge is 0.481 e. The van der Waals surface area contributed by atoms with Crippen LogP contribution in [0.15, 0.2) is 18.2 Å². The second-order valence-corrected chi connectivity index (χ2v) is 4.36. The van der Waals surface area contributed by atoms with Crippen LogP contribution in [-0.2, 0) is 4.79 Å². The maximum absolute atomic E-state index is 13.5. The van der Waals surface area contributed by atoms with Crippen LogP contribution in [0.4, 0.5) is 10.1 Å². The van der Waals surface area contributed by atoms with Crippen LogP contribution in [0, 0.1) is 11.7 Å². The summed E-state index contributed by atoms with van der Waals surface area (Å²) in [7, 11) is 1.65. The first-order valence-corrected chi connectivity index (χ1v) is 5.72. The SMILES string of the molecule is CCC(CN(C)c1cc(Cl)ccc1F)C(=O)O. The molecule has 1 rings (SSSR count). The summed E-state index contributed by atoms with van der Waals surface area (Å²) in [4.78, 5) is 12.5. The second-order valence-electron chi connectivity index (χ2n) is 3.92. The van der Waals surface area contributed by atoms with Gasteiger partial charge in [-0.2, -0.15) is 0 Å². The Bertz CT molecular complexity index is 411. The predicted octanol–water partition coefficient (Wildman–Crippen LogP) is 3.03. The molecular weight excluding hydrogens is 245 g/mol. The highest BCUT2D eigenvalue weighted by Gasteiger charge is 2.19. The van der Waals surface area contributed by atoms with Crippen molar-refractivity contribution in [1.82, 2.24) is 0 Å². The Morgan fingerprint density at radius 3 is 2.76 bits per heavy atom. The highest BCUT2D eigenvalue weighted by atomic mass is 35.5. The van der Waals surface area contributed by atoms with Crippen LogP contribution in [-0.4, -0.2) is 24.7 Å². The number of benzene rings is 1. The van der Waals surface area contributed by atoms with Gasteiger partial charge in [0.1, 0.15) is 5.82 Å². The number of anilines is 1. The van der Waals surface area contributed by atoms with Gasteiger partial charge in [-0.3, -0.25) is 4.79 Å². The van der Waals surface area contributed by atoms with Gasteiger partial charge >= 0.3 is 5.97 Å². The minimum absolute atomic E-state index is 0.253. The number of nitrogens with zero attached hydrogens (tertiary/aromatic N) is 1. The van der Waals surface area contributed by atoms with Crippen LogP contribution in [0.25, 0.3) is 0 Å². The molecule has 0 saturated heterocycles. The van der Waals surface area contributed by atoms with Crippen LogP contribution >= 0.6 is 11.6 Å². The Kier molecular flexibility index (Phi) is 4.75. The molecule has 94 valence electrons. The third-order valence-electron chi connectivity index (χ3n) is 2.66. The fourth-order valence-corrected chi connectivity index (χ4v) is 1.76. The lowest BCUT2D eigenvalue weighted by Crippen LogP contribution is -2.30. The van der Waals surface area contributed by atoms with E-state index in [4.69, 9.17) is 16.7 Å². The molecule has 0 aliphatic carbocycles. The van der Waals surface area contributed by atoms with Crippen LogP contribution < -0.4 is 4.90 Å². The summed E-state index contributed by atoms with van der Waals surface area (Å²) in [6, 6.07) is 4.23. The van der Waals surface area contributed by atoms with Gasteiger partial charge in [-0.25, -0.2) is 4.39 Å².